The van der Waals surface area contributed by atoms with E-state index in [0.29, 0.717) is 18.9 Å². The Morgan fingerprint density at radius 1 is 1.26 bits per heavy atom. The summed E-state index contributed by atoms with van der Waals surface area (Å²) in [5.41, 5.74) is 7.29. The molecule has 19 heavy (non-hydrogen) atoms. The third-order valence-electron chi connectivity index (χ3n) is 3.13. The van der Waals surface area contributed by atoms with Crippen LogP contribution in [0.15, 0.2) is 23.1 Å². The number of sulfonamides is 1. The number of nitrogens with two attached hydrogens (primary N) is 1. The number of ether oxygens (including phenoxy) is 1. The minimum absolute atomic E-state index is 0.258. The van der Waals surface area contributed by atoms with Gasteiger partial charge in [-0.2, -0.15) is 0 Å². The van der Waals surface area contributed by atoms with E-state index in [1.165, 1.54) is 24.5 Å². The van der Waals surface area contributed by atoms with E-state index in [9.17, 15) is 8.42 Å². The van der Waals surface area contributed by atoms with Gasteiger partial charge in [-0.15, -0.1) is 0 Å². The molecule has 1 aliphatic rings. The van der Waals surface area contributed by atoms with Gasteiger partial charge in [0.05, 0.1) is 29.5 Å². The predicted molar refractivity (Wildman–Crippen MR) is 74.8 cm³/mol. The van der Waals surface area contributed by atoms with Crippen LogP contribution >= 0.6 is 0 Å². The first-order chi connectivity index (χ1) is 8.93. The smallest absolute Gasteiger partial charge is 0.242 e. The second-order valence-electron chi connectivity index (χ2n) is 4.61. The van der Waals surface area contributed by atoms with Gasteiger partial charge in [0, 0.05) is 27.2 Å². The van der Waals surface area contributed by atoms with E-state index in [1.807, 2.05) is 4.90 Å². The van der Waals surface area contributed by atoms with Gasteiger partial charge in [-0.3, -0.25) is 0 Å². The molecule has 1 saturated heterocycles. The second-order valence-corrected chi connectivity index (χ2v) is 6.76. The largest absolute Gasteiger partial charge is 0.397 e. The highest BCUT2D eigenvalue weighted by Crippen LogP contribution is 2.28. The van der Waals surface area contributed by atoms with Crippen LogP contribution in [-0.2, 0) is 14.8 Å². The first kappa shape index (κ1) is 14.1. The van der Waals surface area contributed by atoms with Gasteiger partial charge < -0.3 is 15.4 Å². The molecule has 7 heteroatoms. The minimum atomic E-state index is -3.43. The highest BCUT2D eigenvalue weighted by molar-refractivity contribution is 7.89. The van der Waals surface area contributed by atoms with Gasteiger partial charge in [-0.25, -0.2) is 12.7 Å². The molecule has 0 atom stereocenters. The Morgan fingerprint density at radius 3 is 2.47 bits per heavy atom. The Balaban J connectivity index is 2.40. The standard InChI is InChI=1S/C12H19N3O3S/c1-14(2)19(16,17)10-3-4-11(13)12(9-10)15-5-7-18-8-6-15/h3-4,9H,5-8,13H2,1-2H3. The molecule has 2 N–H and O–H groups in total. The van der Waals surface area contributed by atoms with E-state index in [1.54, 1.807) is 12.1 Å². The summed E-state index contributed by atoms with van der Waals surface area (Å²) in [6.45, 7) is 2.69. The number of hydrogen-bond acceptors (Lipinski definition) is 5. The molecule has 1 fully saturated rings. The lowest BCUT2D eigenvalue weighted by atomic mass is 10.2. The van der Waals surface area contributed by atoms with Crippen molar-refractivity contribution in [3.63, 3.8) is 0 Å². The van der Waals surface area contributed by atoms with Crippen LogP contribution in [0.3, 0.4) is 0 Å². The lowest BCUT2D eigenvalue weighted by Gasteiger charge is -2.30. The Bertz CT molecular complexity index is 551. The van der Waals surface area contributed by atoms with E-state index in [2.05, 4.69) is 0 Å². The van der Waals surface area contributed by atoms with Crippen molar-refractivity contribution in [2.45, 2.75) is 4.90 Å². The van der Waals surface area contributed by atoms with Crippen molar-refractivity contribution >= 4 is 21.4 Å². The molecule has 2 rings (SSSR count). The summed E-state index contributed by atoms with van der Waals surface area (Å²) in [6.07, 6.45) is 0. The van der Waals surface area contributed by atoms with Crippen LogP contribution in [-0.4, -0.2) is 53.1 Å². The van der Waals surface area contributed by atoms with Crippen LogP contribution in [0, 0.1) is 0 Å². The molecule has 6 nitrogen and oxygen atoms in total. The Hall–Kier alpha value is -1.31. The molecule has 1 heterocycles. The van der Waals surface area contributed by atoms with Crippen LogP contribution in [0.5, 0.6) is 0 Å². The third kappa shape index (κ3) is 2.83. The first-order valence-corrected chi connectivity index (χ1v) is 7.51. The summed E-state index contributed by atoms with van der Waals surface area (Å²) in [6, 6.07) is 4.81. The number of rotatable bonds is 3. The number of nitrogens with zero attached hydrogens (tertiary/aromatic N) is 2. The molecule has 0 unspecified atom stereocenters. The quantitative estimate of drug-likeness (QED) is 0.811. The van der Waals surface area contributed by atoms with Crippen LogP contribution in [0.2, 0.25) is 0 Å². The maximum Gasteiger partial charge on any atom is 0.242 e. The molecule has 0 aliphatic carbocycles. The van der Waals surface area contributed by atoms with Crippen molar-refractivity contribution in [1.82, 2.24) is 4.31 Å². The zero-order chi connectivity index (χ0) is 14.0. The summed E-state index contributed by atoms with van der Waals surface area (Å²) in [5, 5.41) is 0. The fourth-order valence-electron chi connectivity index (χ4n) is 1.97. The molecule has 1 aliphatic heterocycles. The molecule has 0 radical (unpaired) electrons. The number of anilines is 2. The molecule has 0 bridgehead atoms. The highest BCUT2D eigenvalue weighted by Gasteiger charge is 2.21. The second kappa shape index (κ2) is 5.36. The summed E-state index contributed by atoms with van der Waals surface area (Å²) in [7, 11) is -0.407. The maximum atomic E-state index is 12.1. The summed E-state index contributed by atoms with van der Waals surface area (Å²) in [5.74, 6) is 0. The fourth-order valence-corrected chi connectivity index (χ4v) is 2.90. The predicted octanol–water partition coefficient (Wildman–Crippen LogP) is 0.356. The zero-order valence-electron chi connectivity index (χ0n) is 11.2. The van der Waals surface area contributed by atoms with Gasteiger partial charge in [0.1, 0.15) is 0 Å². The third-order valence-corrected chi connectivity index (χ3v) is 4.94. The topological polar surface area (TPSA) is 75.9 Å². The molecule has 1 aromatic carbocycles. The van der Waals surface area contributed by atoms with Crippen LogP contribution in [0.1, 0.15) is 0 Å². The minimum Gasteiger partial charge on any atom is -0.397 e. The number of morpholine rings is 1. The van der Waals surface area contributed by atoms with Crippen LogP contribution < -0.4 is 10.6 Å². The lowest BCUT2D eigenvalue weighted by molar-refractivity contribution is 0.123. The van der Waals surface area contributed by atoms with Crippen molar-refractivity contribution in [2.75, 3.05) is 51.0 Å². The van der Waals surface area contributed by atoms with E-state index in [-0.39, 0.29) is 4.90 Å². The number of hydrogen-bond donors (Lipinski definition) is 1. The van der Waals surface area contributed by atoms with Gasteiger partial charge in [0.15, 0.2) is 0 Å². The van der Waals surface area contributed by atoms with Crippen LogP contribution in [0.25, 0.3) is 0 Å². The fraction of sp³-hybridized carbons (Fsp3) is 0.500. The van der Waals surface area contributed by atoms with Crippen molar-refractivity contribution < 1.29 is 13.2 Å². The number of benzene rings is 1. The van der Waals surface area contributed by atoms with Gasteiger partial charge in [0.2, 0.25) is 10.0 Å². The molecule has 1 aromatic rings. The molecular weight excluding hydrogens is 266 g/mol. The van der Waals surface area contributed by atoms with Crippen LogP contribution in [0.4, 0.5) is 11.4 Å². The van der Waals surface area contributed by atoms with Crippen molar-refractivity contribution in [2.24, 2.45) is 0 Å². The molecule has 0 amide bonds. The molecule has 106 valence electrons. The average Bonchev–Trinajstić information content (AvgIpc) is 2.39. The Kier molecular flexibility index (Phi) is 3.98. The van der Waals surface area contributed by atoms with E-state index < -0.39 is 10.0 Å². The SMILES string of the molecule is CN(C)S(=O)(=O)c1ccc(N)c(N2CCOCC2)c1. The van der Waals surface area contributed by atoms with E-state index >= 15 is 0 Å². The van der Waals surface area contributed by atoms with Crippen molar-refractivity contribution in [3.05, 3.63) is 18.2 Å². The van der Waals surface area contributed by atoms with Gasteiger partial charge in [-0.1, -0.05) is 0 Å². The molecule has 0 spiro atoms. The van der Waals surface area contributed by atoms with Gasteiger partial charge >= 0.3 is 0 Å². The maximum absolute atomic E-state index is 12.1. The Labute approximate surface area is 113 Å². The number of nitrogen functional groups attached to an aromatic ring is 1. The molecule has 0 saturated carbocycles. The monoisotopic (exact) mass is 285 g/mol. The van der Waals surface area contributed by atoms with E-state index in [4.69, 9.17) is 10.5 Å². The Morgan fingerprint density at radius 2 is 1.89 bits per heavy atom. The summed E-state index contributed by atoms with van der Waals surface area (Å²) < 4.78 is 30.7. The van der Waals surface area contributed by atoms with Crippen molar-refractivity contribution in [3.8, 4) is 0 Å². The highest BCUT2D eigenvalue weighted by atomic mass is 32.2. The molecular formula is C12H19N3O3S. The van der Waals surface area contributed by atoms with E-state index in [0.717, 1.165) is 18.8 Å². The first-order valence-electron chi connectivity index (χ1n) is 6.07. The lowest BCUT2D eigenvalue weighted by Crippen LogP contribution is -2.36. The normalized spacial score (nSPS) is 16.9. The average molecular weight is 285 g/mol. The van der Waals surface area contributed by atoms with Gasteiger partial charge in [0.25, 0.3) is 0 Å². The zero-order valence-corrected chi connectivity index (χ0v) is 12.0. The van der Waals surface area contributed by atoms with Gasteiger partial charge in [-0.05, 0) is 18.2 Å². The summed E-state index contributed by atoms with van der Waals surface area (Å²) >= 11 is 0. The van der Waals surface area contributed by atoms with Crippen molar-refractivity contribution in [1.29, 1.82) is 0 Å². The molecule has 0 aromatic heterocycles. The summed E-state index contributed by atoms with van der Waals surface area (Å²) in [4.78, 5) is 2.31.